The van der Waals surface area contributed by atoms with Gasteiger partial charge in [0.25, 0.3) is 0 Å². The van der Waals surface area contributed by atoms with Gasteiger partial charge < -0.3 is 14.2 Å². The lowest BCUT2D eigenvalue weighted by Crippen LogP contribution is -2.08. The zero-order valence-corrected chi connectivity index (χ0v) is 18.1. The van der Waals surface area contributed by atoms with Gasteiger partial charge in [-0.15, -0.1) is 0 Å². The van der Waals surface area contributed by atoms with E-state index in [0.29, 0.717) is 29.3 Å². The highest BCUT2D eigenvalue weighted by atomic mass is 16.5. The molecule has 162 valence electrons. The molecule has 0 bridgehead atoms. The summed E-state index contributed by atoms with van der Waals surface area (Å²) in [5.74, 6) is 0.783. The van der Waals surface area contributed by atoms with E-state index in [9.17, 15) is 9.59 Å². The summed E-state index contributed by atoms with van der Waals surface area (Å²) < 4.78 is 16.2. The Hall–Kier alpha value is -4.12. The molecule has 0 unspecified atom stereocenters. The first-order valence-corrected chi connectivity index (χ1v) is 9.99. The fourth-order valence-corrected chi connectivity index (χ4v) is 2.67. The van der Waals surface area contributed by atoms with Gasteiger partial charge in [0.05, 0.1) is 0 Å². The molecule has 0 radical (unpaired) electrons. The summed E-state index contributed by atoms with van der Waals surface area (Å²) in [5.41, 5.74) is 3.66. The molecule has 5 nitrogen and oxygen atoms in total. The highest BCUT2D eigenvalue weighted by molar-refractivity contribution is 5.89. The zero-order chi connectivity index (χ0) is 23.1. The van der Waals surface area contributed by atoms with Crippen LogP contribution in [0.3, 0.4) is 0 Å². The maximum atomic E-state index is 11.6. The van der Waals surface area contributed by atoms with Crippen LogP contribution in [0.1, 0.15) is 19.4 Å². The van der Waals surface area contributed by atoms with E-state index in [-0.39, 0.29) is 0 Å². The Balaban J connectivity index is 1.55. The van der Waals surface area contributed by atoms with E-state index in [1.807, 2.05) is 48.5 Å². The van der Waals surface area contributed by atoms with Crippen molar-refractivity contribution in [3.63, 3.8) is 0 Å². The third-order valence-electron chi connectivity index (χ3n) is 4.49. The summed E-state index contributed by atoms with van der Waals surface area (Å²) in [6.07, 6.45) is 0. The monoisotopic (exact) mass is 428 g/mol. The molecule has 0 heterocycles. The molecule has 32 heavy (non-hydrogen) atoms. The van der Waals surface area contributed by atoms with Gasteiger partial charge in [0, 0.05) is 11.1 Å². The lowest BCUT2D eigenvalue weighted by Gasteiger charge is -2.09. The predicted molar refractivity (Wildman–Crippen MR) is 124 cm³/mol. The van der Waals surface area contributed by atoms with Gasteiger partial charge in [-0.3, -0.25) is 0 Å². The van der Waals surface area contributed by atoms with Crippen LogP contribution in [0.25, 0.3) is 11.1 Å². The summed E-state index contributed by atoms with van der Waals surface area (Å²) in [6.45, 7) is 10.7. The minimum absolute atomic E-state index is 0.350. The standard InChI is InChI=1S/C27H24O5/c1-18(2)26(28)31-24-11-5-20(6-12-24)17-30-23-13-7-21(8-14-23)22-9-15-25(16-10-22)32-27(29)19(3)4/h5-16H,1,3,17H2,2,4H3. The number of benzene rings is 3. The molecule has 0 saturated carbocycles. The van der Waals surface area contributed by atoms with Crippen LogP contribution in [0.4, 0.5) is 0 Å². The van der Waals surface area contributed by atoms with Crippen LogP contribution in [0.5, 0.6) is 17.2 Å². The lowest BCUT2D eigenvalue weighted by atomic mass is 10.1. The van der Waals surface area contributed by atoms with E-state index in [4.69, 9.17) is 14.2 Å². The number of esters is 2. The average Bonchev–Trinajstić information content (AvgIpc) is 2.79. The molecule has 3 rings (SSSR count). The van der Waals surface area contributed by atoms with Crippen molar-refractivity contribution in [2.24, 2.45) is 0 Å². The third kappa shape index (κ3) is 6.19. The van der Waals surface area contributed by atoms with Crippen molar-refractivity contribution in [2.75, 3.05) is 0 Å². The van der Waals surface area contributed by atoms with Crippen molar-refractivity contribution < 1.29 is 23.8 Å². The topological polar surface area (TPSA) is 61.8 Å². The minimum atomic E-state index is -0.448. The first kappa shape index (κ1) is 22.6. The number of hydrogen-bond donors (Lipinski definition) is 0. The van der Waals surface area contributed by atoms with Crippen LogP contribution < -0.4 is 14.2 Å². The first-order valence-electron chi connectivity index (χ1n) is 9.99. The summed E-state index contributed by atoms with van der Waals surface area (Å²) in [7, 11) is 0. The molecule has 0 aromatic heterocycles. The molecule has 0 aliphatic rings. The van der Waals surface area contributed by atoms with E-state index in [2.05, 4.69) is 13.2 Å². The van der Waals surface area contributed by atoms with Crippen molar-refractivity contribution in [3.05, 3.63) is 103 Å². The van der Waals surface area contributed by atoms with Gasteiger partial charge in [-0.25, -0.2) is 9.59 Å². The largest absolute Gasteiger partial charge is 0.489 e. The number of carbonyl (C=O) groups excluding carboxylic acids is 2. The summed E-state index contributed by atoms with van der Waals surface area (Å²) in [6, 6.07) is 22.1. The highest BCUT2D eigenvalue weighted by Gasteiger charge is 2.07. The summed E-state index contributed by atoms with van der Waals surface area (Å²) in [5, 5.41) is 0. The van der Waals surface area contributed by atoms with Crippen molar-refractivity contribution >= 4 is 11.9 Å². The number of carbonyl (C=O) groups is 2. The second-order valence-electron chi connectivity index (χ2n) is 7.32. The SMILES string of the molecule is C=C(C)C(=O)Oc1ccc(COc2ccc(-c3ccc(OC(=O)C(=C)C)cc3)cc2)cc1. The van der Waals surface area contributed by atoms with E-state index in [1.54, 1.807) is 38.1 Å². The molecule has 0 fully saturated rings. The van der Waals surface area contributed by atoms with Crippen molar-refractivity contribution in [3.8, 4) is 28.4 Å². The van der Waals surface area contributed by atoms with Gasteiger partial charge in [0.1, 0.15) is 23.9 Å². The van der Waals surface area contributed by atoms with Crippen LogP contribution >= 0.6 is 0 Å². The number of hydrogen-bond acceptors (Lipinski definition) is 5. The first-order chi connectivity index (χ1) is 15.3. The molecule has 0 aliphatic carbocycles. The van der Waals surface area contributed by atoms with Gasteiger partial charge in [-0.2, -0.15) is 0 Å². The average molecular weight is 428 g/mol. The minimum Gasteiger partial charge on any atom is -0.489 e. The van der Waals surface area contributed by atoms with E-state index in [0.717, 1.165) is 22.4 Å². The van der Waals surface area contributed by atoms with Crippen LogP contribution in [0.2, 0.25) is 0 Å². The van der Waals surface area contributed by atoms with Crippen molar-refractivity contribution in [2.45, 2.75) is 20.5 Å². The molecule has 3 aromatic carbocycles. The molecule has 0 spiro atoms. The Kier molecular flexibility index (Phi) is 7.24. The Bertz CT molecular complexity index is 1120. The molecule has 0 amide bonds. The maximum absolute atomic E-state index is 11.6. The van der Waals surface area contributed by atoms with Crippen LogP contribution in [-0.4, -0.2) is 11.9 Å². The third-order valence-corrected chi connectivity index (χ3v) is 4.49. The van der Waals surface area contributed by atoms with Crippen LogP contribution in [-0.2, 0) is 16.2 Å². The molecule has 0 N–H and O–H groups in total. The predicted octanol–water partition coefficient (Wildman–Crippen LogP) is 5.90. The fraction of sp³-hybridized carbons (Fsp3) is 0.111. The van der Waals surface area contributed by atoms with Gasteiger partial charge in [-0.05, 0) is 66.9 Å². The van der Waals surface area contributed by atoms with E-state index < -0.39 is 11.9 Å². The Morgan fingerprint density at radius 1 is 0.625 bits per heavy atom. The summed E-state index contributed by atoms with van der Waals surface area (Å²) >= 11 is 0. The van der Waals surface area contributed by atoms with Crippen molar-refractivity contribution in [1.29, 1.82) is 0 Å². The maximum Gasteiger partial charge on any atom is 0.338 e. The quantitative estimate of drug-likeness (QED) is 0.254. The van der Waals surface area contributed by atoms with Gasteiger partial charge in [-0.1, -0.05) is 49.6 Å². The second-order valence-corrected chi connectivity index (χ2v) is 7.32. The zero-order valence-electron chi connectivity index (χ0n) is 18.1. The van der Waals surface area contributed by atoms with Crippen LogP contribution in [0.15, 0.2) is 97.1 Å². The van der Waals surface area contributed by atoms with E-state index >= 15 is 0 Å². The Morgan fingerprint density at radius 2 is 1.00 bits per heavy atom. The number of rotatable bonds is 8. The molecule has 3 aromatic rings. The summed E-state index contributed by atoms with van der Waals surface area (Å²) in [4.78, 5) is 23.1. The highest BCUT2D eigenvalue weighted by Crippen LogP contribution is 2.25. The molecule has 5 heteroatoms. The molecule has 0 saturated heterocycles. The smallest absolute Gasteiger partial charge is 0.338 e. The van der Waals surface area contributed by atoms with Gasteiger partial charge in [0.15, 0.2) is 0 Å². The second kappa shape index (κ2) is 10.3. The number of ether oxygens (including phenoxy) is 3. The lowest BCUT2D eigenvalue weighted by molar-refractivity contribution is -0.130. The molecular formula is C27H24O5. The van der Waals surface area contributed by atoms with E-state index in [1.165, 1.54) is 0 Å². The molecule has 0 atom stereocenters. The fourth-order valence-electron chi connectivity index (χ4n) is 2.67. The normalized spacial score (nSPS) is 10.2. The Morgan fingerprint density at radius 3 is 1.41 bits per heavy atom. The van der Waals surface area contributed by atoms with Gasteiger partial charge >= 0.3 is 11.9 Å². The molecular weight excluding hydrogens is 404 g/mol. The molecule has 0 aliphatic heterocycles. The van der Waals surface area contributed by atoms with Gasteiger partial charge in [0.2, 0.25) is 0 Å². The Labute approximate surface area is 187 Å². The van der Waals surface area contributed by atoms with Crippen molar-refractivity contribution in [1.82, 2.24) is 0 Å². The van der Waals surface area contributed by atoms with Crippen LogP contribution in [0, 0.1) is 0 Å².